The van der Waals surface area contributed by atoms with Gasteiger partial charge in [-0.2, -0.15) is 0 Å². The van der Waals surface area contributed by atoms with Crippen LogP contribution in [0.4, 0.5) is 0 Å². The second-order valence-electron chi connectivity index (χ2n) is 5.32. The minimum Gasteiger partial charge on any atom is -0.341 e. The molecule has 0 bridgehead atoms. The van der Waals surface area contributed by atoms with Crippen molar-refractivity contribution in [3.63, 3.8) is 0 Å². The Morgan fingerprint density at radius 3 is 2.39 bits per heavy atom. The topological polar surface area (TPSA) is 52.7 Å². The van der Waals surface area contributed by atoms with E-state index in [1.807, 2.05) is 9.80 Å². The molecule has 2 aliphatic heterocycles. The molecule has 2 heterocycles. The highest BCUT2D eigenvalue weighted by Gasteiger charge is 2.33. The minimum atomic E-state index is 0.111. The molecule has 2 rings (SSSR count). The Bertz CT molecular complexity index is 332. The summed E-state index contributed by atoms with van der Waals surface area (Å²) in [4.78, 5) is 27.5. The molecule has 5 nitrogen and oxygen atoms in total. The van der Waals surface area contributed by atoms with E-state index < -0.39 is 0 Å². The molecule has 0 aromatic heterocycles. The Morgan fingerprint density at radius 2 is 1.78 bits per heavy atom. The first-order chi connectivity index (χ1) is 8.59. The fourth-order valence-electron chi connectivity index (χ4n) is 2.88. The second-order valence-corrected chi connectivity index (χ2v) is 5.32. The van der Waals surface area contributed by atoms with Crippen LogP contribution in [0.2, 0.25) is 0 Å². The Hall–Kier alpha value is -1.10. The van der Waals surface area contributed by atoms with Crippen LogP contribution in [-0.2, 0) is 9.59 Å². The van der Waals surface area contributed by atoms with E-state index in [-0.39, 0.29) is 23.8 Å². The Balaban J connectivity index is 1.93. The molecule has 0 aliphatic carbocycles. The summed E-state index contributed by atoms with van der Waals surface area (Å²) in [6.45, 7) is 7.53. The lowest BCUT2D eigenvalue weighted by molar-refractivity contribution is -0.136. The van der Waals surface area contributed by atoms with Crippen LogP contribution < -0.4 is 5.32 Å². The van der Waals surface area contributed by atoms with Crippen LogP contribution in [-0.4, -0.2) is 60.4 Å². The van der Waals surface area contributed by atoms with Crippen molar-refractivity contribution in [2.75, 3.05) is 32.7 Å². The van der Waals surface area contributed by atoms with E-state index in [0.29, 0.717) is 13.1 Å². The molecule has 102 valence electrons. The molecule has 0 saturated carbocycles. The lowest BCUT2D eigenvalue weighted by Crippen LogP contribution is -2.42. The zero-order chi connectivity index (χ0) is 13.1. The summed E-state index contributed by atoms with van der Waals surface area (Å²) in [5.41, 5.74) is 0. The summed E-state index contributed by atoms with van der Waals surface area (Å²) < 4.78 is 0. The third kappa shape index (κ3) is 2.83. The number of carbonyl (C=O) groups is 2. The molecule has 2 unspecified atom stereocenters. The highest BCUT2D eigenvalue weighted by molar-refractivity contribution is 5.80. The van der Waals surface area contributed by atoms with Crippen molar-refractivity contribution in [3.05, 3.63) is 0 Å². The van der Waals surface area contributed by atoms with Crippen LogP contribution in [0.1, 0.15) is 26.7 Å². The van der Waals surface area contributed by atoms with Crippen molar-refractivity contribution in [3.8, 4) is 0 Å². The van der Waals surface area contributed by atoms with E-state index in [1.54, 1.807) is 6.92 Å². The van der Waals surface area contributed by atoms with E-state index in [0.717, 1.165) is 32.5 Å². The monoisotopic (exact) mass is 253 g/mol. The number of hydrogen-bond donors (Lipinski definition) is 1. The molecule has 0 aromatic rings. The quantitative estimate of drug-likeness (QED) is 0.719. The molecule has 5 heteroatoms. The summed E-state index contributed by atoms with van der Waals surface area (Å²) in [5.74, 6) is 0.493. The van der Waals surface area contributed by atoms with E-state index in [4.69, 9.17) is 0 Å². The highest BCUT2D eigenvalue weighted by Crippen LogP contribution is 2.19. The van der Waals surface area contributed by atoms with Crippen LogP contribution in [0.15, 0.2) is 0 Å². The fraction of sp³-hybridized carbons (Fsp3) is 0.846. The van der Waals surface area contributed by atoms with Gasteiger partial charge in [0.15, 0.2) is 0 Å². The molecular weight excluding hydrogens is 230 g/mol. The molecule has 2 amide bonds. The van der Waals surface area contributed by atoms with E-state index in [9.17, 15) is 9.59 Å². The first-order valence-electron chi connectivity index (χ1n) is 6.87. The molecule has 0 radical (unpaired) electrons. The predicted molar refractivity (Wildman–Crippen MR) is 69.0 cm³/mol. The first-order valence-corrected chi connectivity index (χ1v) is 6.87. The van der Waals surface area contributed by atoms with Crippen molar-refractivity contribution in [1.82, 2.24) is 15.1 Å². The van der Waals surface area contributed by atoms with Gasteiger partial charge in [0.25, 0.3) is 0 Å². The van der Waals surface area contributed by atoms with Gasteiger partial charge in [0, 0.05) is 39.1 Å². The molecule has 2 saturated heterocycles. The van der Waals surface area contributed by atoms with Gasteiger partial charge in [-0.25, -0.2) is 0 Å². The van der Waals surface area contributed by atoms with Crippen LogP contribution >= 0.6 is 0 Å². The van der Waals surface area contributed by atoms with Crippen LogP contribution in [0, 0.1) is 5.92 Å². The molecule has 1 N–H and O–H groups in total. The van der Waals surface area contributed by atoms with Crippen molar-refractivity contribution in [1.29, 1.82) is 0 Å². The standard InChI is InChI=1S/C13H23N3O2/c1-10-12(4-5-14-10)13(18)16-7-3-6-15(8-9-16)11(2)17/h10,12,14H,3-9H2,1-2H3. The summed E-state index contributed by atoms with van der Waals surface area (Å²) >= 11 is 0. The number of amides is 2. The third-order valence-electron chi connectivity index (χ3n) is 4.10. The summed E-state index contributed by atoms with van der Waals surface area (Å²) in [6.07, 6.45) is 1.83. The maximum absolute atomic E-state index is 12.4. The van der Waals surface area contributed by atoms with Gasteiger partial charge in [0.2, 0.25) is 11.8 Å². The number of rotatable bonds is 1. The Morgan fingerprint density at radius 1 is 1.11 bits per heavy atom. The second kappa shape index (κ2) is 5.69. The van der Waals surface area contributed by atoms with Gasteiger partial charge in [-0.05, 0) is 26.3 Å². The van der Waals surface area contributed by atoms with Gasteiger partial charge >= 0.3 is 0 Å². The van der Waals surface area contributed by atoms with Gasteiger partial charge in [-0.1, -0.05) is 0 Å². The van der Waals surface area contributed by atoms with Crippen molar-refractivity contribution in [2.24, 2.45) is 5.92 Å². The lowest BCUT2D eigenvalue weighted by Gasteiger charge is -2.25. The number of carbonyl (C=O) groups excluding carboxylic acids is 2. The number of nitrogens with one attached hydrogen (secondary N) is 1. The van der Waals surface area contributed by atoms with Crippen LogP contribution in [0.3, 0.4) is 0 Å². The van der Waals surface area contributed by atoms with Crippen LogP contribution in [0.5, 0.6) is 0 Å². The fourth-order valence-corrected chi connectivity index (χ4v) is 2.88. The number of nitrogens with zero attached hydrogens (tertiary/aromatic N) is 2. The van der Waals surface area contributed by atoms with E-state index >= 15 is 0 Å². The molecular formula is C13H23N3O2. The first kappa shape index (κ1) is 13.3. The third-order valence-corrected chi connectivity index (χ3v) is 4.10. The largest absolute Gasteiger partial charge is 0.341 e. The average Bonchev–Trinajstić information content (AvgIpc) is 2.63. The SMILES string of the molecule is CC(=O)N1CCCN(C(=O)C2CCNC2C)CC1. The maximum atomic E-state index is 12.4. The molecule has 0 spiro atoms. The highest BCUT2D eigenvalue weighted by atomic mass is 16.2. The smallest absolute Gasteiger partial charge is 0.227 e. The van der Waals surface area contributed by atoms with Gasteiger partial charge in [0.05, 0.1) is 5.92 Å². The summed E-state index contributed by atoms with van der Waals surface area (Å²) in [5, 5.41) is 3.32. The van der Waals surface area contributed by atoms with Gasteiger partial charge in [-0.3, -0.25) is 9.59 Å². The molecule has 2 aliphatic rings. The molecule has 18 heavy (non-hydrogen) atoms. The normalized spacial score (nSPS) is 29.2. The Kier molecular flexibility index (Phi) is 4.22. The van der Waals surface area contributed by atoms with Gasteiger partial charge < -0.3 is 15.1 Å². The summed E-state index contributed by atoms with van der Waals surface area (Å²) in [6, 6.07) is 0.282. The Labute approximate surface area is 108 Å². The van der Waals surface area contributed by atoms with Gasteiger partial charge in [-0.15, -0.1) is 0 Å². The maximum Gasteiger partial charge on any atom is 0.227 e. The van der Waals surface area contributed by atoms with E-state index in [2.05, 4.69) is 12.2 Å². The predicted octanol–water partition coefficient (Wildman–Crippen LogP) is 0.0652. The number of hydrogen-bond acceptors (Lipinski definition) is 3. The van der Waals surface area contributed by atoms with Crippen LogP contribution in [0.25, 0.3) is 0 Å². The average molecular weight is 253 g/mol. The van der Waals surface area contributed by atoms with Crippen molar-refractivity contribution >= 4 is 11.8 Å². The lowest BCUT2D eigenvalue weighted by atomic mass is 10.0. The van der Waals surface area contributed by atoms with Crippen molar-refractivity contribution in [2.45, 2.75) is 32.7 Å². The van der Waals surface area contributed by atoms with Gasteiger partial charge in [0.1, 0.15) is 0 Å². The molecule has 2 atom stereocenters. The van der Waals surface area contributed by atoms with E-state index in [1.165, 1.54) is 0 Å². The molecule has 0 aromatic carbocycles. The summed E-state index contributed by atoms with van der Waals surface area (Å²) in [7, 11) is 0. The minimum absolute atomic E-state index is 0.111. The molecule has 2 fully saturated rings. The zero-order valence-corrected chi connectivity index (χ0v) is 11.3. The zero-order valence-electron chi connectivity index (χ0n) is 11.3. The van der Waals surface area contributed by atoms with Crippen molar-refractivity contribution < 1.29 is 9.59 Å².